The highest BCUT2D eigenvalue weighted by molar-refractivity contribution is 6.04. The summed E-state index contributed by atoms with van der Waals surface area (Å²) in [6.07, 6.45) is -4.52. The minimum atomic E-state index is -4.52. The van der Waals surface area contributed by atoms with Crippen molar-refractivity contribution >= 4 is 34.7 Å². The predicted octanol–water partition coefficient (Wildman–Crippen LogP) is 6.55. The molecule has 0 saturated carbocycles. The van der Waals surface area contributed by atoms with Gasteiger partial charge in [0.1, 0.15) is 11.6 Å². The van der Waals surface area contributed by atoms with E-state index in [1.807, 2.05) is 37.3 Å². The number of aromatic nitrogens is 2. The molecule has 4 aromatic rings. The molecule has 36 heavy (non-hydrogen) atoms. The number of hydrogen-bond donors (Lipinski definition) is 3. The van der Waals surface area contributed by atoms with Crippen molar-refractivity contribution < 1.29 is 22.7 Å². The average Bonchev–Trinajstić information content (AvgIpc) is 2.85. The van der Waals surface area contributed by atoms with Crippen molar-refractivity contribution in [2.75, 3.05) is 23.1 Å². The van der Waals surface area contributed by atoms with Gasteiger partial charge in [0, 0.05) is 34.4 Å². The minimum Gasteiger partial charge on any atom is -0.497 e. The molecule has 184 valence electrons. The van der Waals surface area contributed by atoms with Gasteiger partial charge in [-0.25, -0.2) is 4.98 Å². The zero-order valence-corrected chi connectivity index (χ0v) is 19.4. The van der Waals surface area contributed by atoms with Crippen molar-refractivity contribution in [3.05, 3.63) is 95.7 Å². The van der Waals surface area contributed by atoms with Gasteiger partial charge in [0.05, 0.1) is 12.7 Å². The summed E-state index contributed by atoms with van der Waals surface area (Å²) in [5.74, 6) is 1.07. The summed E-state index contributed by atoms with van der Waals surface area (Å²) >= 11 is 0. The largest absolute Gasteiger partial charge is 0.497 e. The van der Waals surface area contributed by atoms with Crippen LogP contribution in [0.2, 0.25) is 0 Å². The van der Waals surface area contributed by atoms with Gasteiger partial charge in [-0.2, -0.15) is 18.2 Å². The van der Waals surface area contributed by atoms with Gasteiger partial charge in [0.25, 0.3) is 5.91 Å². The number of aryl methyl sites for hydroxylation is 1. The van der Waals surface area contributed by atoms with Crippen LogP contribution in [0.25, 0.3) is 0 Å². The van der Waals surface area contributed by atoms with Gasteiger partial charge < -0.3 is 20.7 Å². The fraction of sp³-hybridized carbons (Fsp3) is 0.115. The van der Waals surface area contributed by atoms with Gasteiger partial charge in [-0.15, -0.1) is 0 Å². The molecule has 3 N–H and O–H groups in total. The van der Waals surface area contributed by atoms with Gasteiger partial charge in [-0.05, 0) is 73.7 Å². The zero-order valence-electron chi connectivity index (χ0n) is 19.4. The van der Waals surface area contributed by atoms with E-state index in [9.17, 15) is 18.0 Å². The molecule has 0 unspecified atom stereocenters. The third-order valence-electron chi connectivity index (χ3n) is 5.07. The molecule has 0 aliphatic carbocycles. The fourth-order valence-electron chi connectivity index (χ4n) is 3.32. The Bertz CT molecular complexity index is 1360. The molecular formula is C26H22F3N5O2. The minimum absolute atomic E-state index is 0.0860. The summed E-state index contributed by atoms with van der Waals surface area (Å²) in [5.41, 5.74) is 1.70. The first kappa shape index (κ1) is 24.5. The summed E-state index contributed by atoms with van der Waals surface area (Å²) in [5, 5.41) is 8.92. The van der Waals surface area contributed by atoms with Gasteiger partial charge in [0.2, 0.25) is 5.95 Å². The van der Waals surface area contributed by atoms with Crippen LogP contribution in [0.5, 0.6) is 5.75 Å². The highest BCUT2D eigenvalue weighted by Gasteiger charge is 2.30. The van der Waals surface area contributed by atoms with Gasteiger partial charge in [0.15, 0.2) is 0 Å². The maximum atomic E-state index is 12.9. The lowest BCUT2D eigenvalue weighted by Crippen LogP contribution is -2.13. The number of ether oxygens (including phenoxy) is 1. The van der Waals surface area contributed by atoms with Gasteiger partial charge in [-0.1, -0.05) is 6.07 Å². The number of carbonyl (C=O) groups excluding carboxylic acids is 1. The van der Waals surface area contributed by atoms with Crippen LogP contribution in [-0.4, -0.2) is 23.0 Å². The van der Waals surface area contributed by atoms with E-state index in [-0.39, 0.29) is 5.56 Å². The van der Waals surface area contributed by atoms with Crippen LogP contribution in [0.3, 0.4) is 0 Å². The number of hydrogen-bond acceptors (Lipinski definition) is 6. The van der Waals surface area contributed by atoms with Crippen molar-refractivity contribution in [1.82, 2.24) is 9.97 Å². The topological polar surface area (TPSA) is 88.2 Å². The van der Waals surface area contributed by atoms with Gasteiger partial charge in [-0.3, -0.25) is 4.79 Å². The number of methoxy groups -OCH3 is 1. The van der Waals surface area contributed by atoms with E-state index in [4.69, 9.17) is 4.74 Å². The van der Waals surface area contributed by atoms with Crippen LogP contribution >= 0.6 is 0 Å². The summed E-state index contributed by atoms with van der Waals surface area (Å²) in [4.78, 5) is 21.3. The third kappa shape index (κ3) is 6.29. The van der Waals surface area contributed by atoms with Crippen LogP contribution in [0.1, 0.15) is 21.6 Å². The number of nitrogens with zero attached hydrogens (tertiary/aromatic N) is 2. The number of halogens is 3. The molecule has 0 aliphatic rings. The molecule has 10 heteroatoms. The first-order valence-corrected chi connectivity index (χ1v) is 10.8. The first-order valence-electron chi connectivity index (χ1n) is 10.8. The summed E-state index contributed by atoms with van der Waals surface area (Å²) in [6, 6.07) is 20.1. The maximum Gasteiger partial charge on any atom is 0.416 e. The predicted molar refractivity (Wildman–Crippen MR) is 132 cm³/mol. The molecule has 0 aliphatic heterocycles. The van der Waals surface area contributed by atoms with Crippen molar-refractivity contribution in [3.8, 4) is 5.75 Å². The second-order valence-corrected chi connectivity index (χ2v) is 7.81. The Hall–Kier alpha value is -4.60. The lowest BCUT2D eigenvalue weighted by atomic mass is 10.1. The van der Waals surface area contributed by atoms with E-state index < -0.39 is 17.6 Å². The van der Waals surface area contributed by atoms with E-state index in [1.165, 1.54) is 12.1 Å². The van der Waals surface area contributed by atoms with Crippen LogP contribution in [0.4, 0.5) is 42.0 Å². The molecule has 0 fully saturated rings. The standard InChI is InChI=1S/C26H22F3N5O2/c1-16-14-23(31-19-10-12-22(36-2)13-11-19)34-25(30-16)33-21-8-6-20(7-9-21)32-24(35)17-4-3-5-18(15-17)26(27,28)29/h3-15H,1-2H3,(H,32,35)(H2,30,31,33,34). The molecule has 0 spiro atoms. The zero-order chi connectivity index (χ0) is 25.7. The van der Waals surface area contributed by atoms with Crippen LogP contribution in [-0.2, 0) is 6.18 Å². The Labute approximate surface area is 205 Å². The number of benzene rings is 3. The smallest absolute Gasteiger partial charge is 0.416 e. The maximum absolute atomic E-state index is 12.9. The summed E-state index contributed by atoms with van der Waals surface area (Å²) in [6.45, 7) is 1.85. The molecular weight excluding hydrogens is 471 g/mol. The molecule has 0 bridgehead atoms. The van der Waals surface area contributed by atoms with Crippen LogP contribution in [0.15, 0.2) is 78.9 Å². The van der Waals surface area contributed by atoms with Crippen LogP contribution < -0.4 is 20.7 Å². The van der Waals surface area contributed by atoms with Crippen molar-refractivity contribution in [2.45, 2.75) is 13.1 Å². The van der Waals surface area contributed by atoms with E-state index in [1.54, 1.807) is 31.4 Å². The Morgan fingerprint density at radius 2 is 1.47 bits per heavy atom. The third-order valence-corrected chi connectivity index (χ3v) is 5.07. The molecule has 1 heterocycles. The summed E-state index contributed by atoms with van der Waals surface area (Å²) < 4.78 is 43.9. The molecule has 7 nitrogen and oxygen atoms in total. The summed E-state index contributed by atoms with van der Waals surface area (Å²) in [7, 11) is 1.60. The Morgan fingerprint density at radius 1 is 0.833 bits per heavy atom. The molecule has 4 rings (SSSR count). The Kier molecular flexibility index (Phi) is 7.05. The van der Waals surface area contributed by atoms with Crippen molar-refractivity contribution in [2.24, 2.45) is 0 Å². The number of nitrogens with one attached hydrogen (secondary N) is 3. The second-order valence-electron chi connectivity index (χ2n) is 7.81. The lowest BCUT2D eigenvalue weighted by Gasteiger charge is -2.11. The lowest BCUT2D eigenvalue weighted by molar-refractivity contribution is -0.137. The van der Waals surface area contributed by atoms with E-state index in [0.717, 1.165) is 29.3 Å². The molecule has 3 aromatic carbocycles. The second kappa shape index (κ2) is 10.3. The monoisotopic (exact) mass is 493 g/mol. The SMILES string of the molecule is COc1ccc(Nc2cc(C)nc(Nc3ccc(NC(=O)c4cccc(C(F)(F)F)c4)cc3)n2)cc1. The van der Waals surface area contributed by atoms with Crippen molar-refractivity contribution in [1.29, 1.82) is 0 Å². The highest BCUT2D eigenvalue weighted by atomic mass is 19.4. The van der Waals surface area contributed by atoms with Gasteiger partial charge >= 0.3 is 6.18 Å². The van der Waals surface area contributed by atoms with Crippen molar-refractivity contribution in [3.63, 3.8) is 0 Å². The number of anilines is 5. The fourth-order valence-corrected chi connectivity index (χ4v) is 3.32. The number of rotatable bonds is 7. The highest BCUT2D eigenvalue weighted by Crippen LogP contribution is 2.30. The molecule has 0 radical (unpaired) electrons. The molecule has 0 saturated heterocycles. The first-order chi connectivity index (χ1) is 17.2. The normalized spacial score (nSPS) is 11.0. The molecule has 0 atom stereocenters. The number of alkyl halides is 3. The Morgan fingerprint density at radius 3 is 2.14 bits per heavy atom. The number of carbonyl (C=O) groups is 1. The number of amides is 1. The van der Waals surface area contributed by atoms with E-state index in [2.05, 4.69) is 25.9 Å². The molecule has 1 aromatic heterocycles. The molecule has 1 amide bonds. The average molecular weight is 493 g/mol. The van der Waals surface area contributed by atoms with E-state index >= 15 is 0 Å². The Balaban J connectivity index is 1.42. The van der Waals surface area contributed by atoms with E-state index in [0.29, 0.717) is 23.1 Å². The quantitative estimate of drug-likeness (QED) is 0.271. The van der Waals surface area contributed by atoms with Crippen LogP contribution in [0, 0.1) is 6.92 Å².